The van der Waals surface area contributed by atoms with Gasteiger partial charge in [0, 0.05) is 12.8 Å². The predicted molar refractivity (Wildman–Crippen MR) is 72.1 cm³/mol. The Morgan fingerprint density at radius 2 is 1.42 bits per heavy atom. The Kier molecular flexibility index (Phi) is 2.41. The zero-order valence-corrected chi connectivity index (χ0v) is 11.7. The van der Waals surface area contributed by atoms with Crippen molar-refractivity contribution in [3.63, 3.8) is 0 Å². The van der Waals surface area contributed by atoms with Crippen LogP contribution in [-0.4, -0.2) is 5.78 Å². The second-order valence-electron chi connectivity index (χ2n) is 7.93. The van der Waals surface area contributed by atoms with Crippen molar-refractivity contribution < 1.29 is 4.79 Å². The van der Waals surface area contributed by atoms with Crippen LogP contribution < -0.4 is 0 Å². The van der Waals surface area contributed by atoms with Crippen molar-refractivity contribution >= 4 is 5.78 Å². The maximum atomic E-state index is 11.6. The van der Waals surface area contributed by atoms with Gasteiger partial charge in [-0.2, -0.15) is 5.26 Å². The molecule has 0 spiro atoms. The third-order valence-corrected chi connectivity index (χ3v) is 6.93. The molecule has 0 aromatic carbocycles. The third kappa shape index (κ3) is 1.57. The van der Waals surface area contributed by atoms with Crippen LogP contribution in [0.3, 0.4) is 0 Å². The van der Waals surface area contributed by atoms with E-state index in [0.29, 0.717) is 18.6 Å². The topological polar surface area (TPSA) is 40.9 Å². The normalized spacial score (nSPS) is 47.1. The summed E-state index contributed by atoms with van der Waals surface area (Å²) in [5.41, 5.74) is 0.133. The summed E-state index contributed by atoms with van der Waals surface area (Å²) < 4.78 is 0. The molecule has 0 amide bonds. The Labute approximate surface area is 115 Å². The number of nitrogens with zero attached hydrogens (tertiary/aromatic N) is 1. The quantitative estimate of drug-likeness (QED) is 0.715. The zero-order valence-electron chi connectivity index (χ0n) is 11.7. The molecular formula is C17H23NO. The molecule has 0 aromatic heterocycles. The van der Waals surface area contributed by atoms with Gasteiger partial charge in [-0.25, -0.2) is 0 Å². The van der Waals surface area contributed by atoms with Crippen LogP contribution in [0.1, 0.15) is 64.2 Å². The number of nitriles is 1. The van der Waals surface area contributed by atoms with E-state index in [1.54, 1.807) is 0 Å². The molecule has 102 valence electrons. The van der Waals surface area contributed by atoms with E-state index in [1.807, 2.05) is 0 Å². The molecule has 0 aliphatic heterocycles. The van der Waals surface area contributed by atoms with Crippen LogP contribution in [0.25, 0.3) is 0 Å². The van der Waals surface area contributed by atoms with Gasteiger partial charge in [0.05, 0.1) is 11.5 Å². The smallest absolute Gasteiger partial charge is 0.133 e. The van der Waals surface area contributed by atoms with Crippen LogP contribution in [0.5, 0.6) is 0 Å². The maximum Gasteiger partial charge on any atom is 0.133 e. The fourth-order valence-corrected chi connectivity index (χ4v) is 6.41. The van der Waals surface area contributed by atoms with Crippen molar-refractivity contribution in [2.45, 2.75) is 64.2 Å². The van der Waals surface area contributed by atoms with Gasteiger partial charge in [0.15, 0.2) is 0 Å². The molecule has 2 heteroatoms. The second-order valence-corrected chi connectivity index (χ2v) is 7.93. The Morgan fingerprint density at radius 1 is 0.947 bits per heavy atom. The first-order valence-electron chi connectivity index (χ1n) is 8.08. The van der Waals surface area contributed by atoms with Gasteiger partial charge >= 0.3 is 0 Å². The summed E-state index contributed by atoms with van der Waals surface area (Å²) >= 11 is 0. The van der Waals surface area contributed by atoms with Gasteiger partial charge < -0.3 is 0 Å². The van der Waals surface area contributed by atoms with Crippen molar-refractivity contribution in [2.24, 2.45) is 28.6 Å². The van der Waals surface area contributed by atoms with Crippen molar-refractivity contribution in [1.29, 1.82) is 5.26 Å². The van der Waals surface area contributed by atoms with E-state index in [4.69, 9.17) is 0 Å². The summed E-state index contributed by atoms with van der Waals surface area (Å²) in [5.74, 6) is 3.08. The first-order valence-corrected chi connectivity index (χ1v) is 8.08. The fraction of sp³-hybridized carbons (Fsp3) is 0.882. The largest absolute Gasteiger partial charge is 0.300 e. The first kappa shape index (κ1) is 11.9. The molecule has 5 saturated carbocycles. The van der Waals surface area contributed by atoms with Crippen LogP contribution >= 0.6 is 0 Å². The van der Waals surface area contributed by atoms with Crippen LogP contribution in [0.15, 0.2) is 0 Å². The average molecular weight is 257 g/mol. The molecule has 0 saturated heterocycles. The van der Waals surface area contributed by atoms with Gasteiger partial charge in [0.2, 0.25) is 0 Å². The van der Waals surface area contributed by atoms with Gasteiger partial charge in [-0.15, -0.1) is 0 Å². The SMILES string of the molecule is N#CC1(C23CC4CC(CC(C4)C2)C3)CCC(=O)CC1. The number of hydrogen-bond donors (Lipinski definition) is 0. The molecule has 0 heterocycles. The average Bonchev–Trinajstić information content (AvgIpc) is 2.38. The molecular weight excluding hydrogens is 234 g/mol. The van der Waals surface area contributed by atoms with E-state index in [9.17, 15) is 10.1 Å². The van der Waals surface area contributed by atoms with Crippen LogP contribution in [-0.2, 0) is 4.79 Å². The molecule has 5 fully saturated rings. The Morgan fingerprint density at radius 3 is 1.84 bits per heavy atom. The molecule has 4 bridgehead atoms. The van der Waals surface area contributed by atoms with Crippen LogP contribution in [0, 0.1) is 39.9 Å². The van der Waals surface area contributed by atoms with E-state index in [1.165, 1.54) is 38.5 Å². The molecule has 19 heavy (non-hydrogen) atoms. The predicted octanol–water partition coefficient (Wildman–Crippen LogP) is 3.86. The lowest BCUT2D eigenvalue weighted by Crippen LogP contribution is -2.55. The van der Waals surface area contributed by atoms with Crippen molar-refractivity contribution in [3.05, 3.63) is 0 Å². The minimum Gasteiger partial charge on any atom is -0.300 e. The van der Waals surface area contributed by atoms with E-state index >= 15 is 0 Å². The monoisotopic (exact) mass is 257 g/mol. The summed E-state index contributed by atoms with van der Waals surface area (Å²) in [6.07, 6.45) is 11.2. The molecule has 2 nitrogen and oxygen atoms in total. The number of ketones is 1. The zero-order chi connectivity index (χ0) is 13.1. The lowest BCUT2D eigenvalue weighted by atomic mass is 9.41. The van der Waals surface area contributed by atoms with Crippen LogP contribution in [0.4, 0.5) is 0 Å². The molecule has 5 aliphatic rings. The van der Waals surface area contributed by atoms with E-state index in [-0.39, 0.29) is 10.8 Å². The highest BCUT2D eigenvalue weighted by molar-refractivity contribution is 5.79. The van der Waals surface area contributed by atoms with Crippen molar-refractivity contribution in [2.75, 3.05) is 0 Å². The van der Waals surface area contributed by atoms with Gasteiger partial charge in [-0.1, -0.05) is 0 Å². The minimum absolute atomic E-state index is 0.156. The standard InChI is InChI=1S/C17H23NO/c18-11-16(3-1-15(19)2-4-16)17-8-12-5-13(9-17)7-14(6-12)10-17/h12-14H,1-10H2. The second kappa shape index (κ2) is 3.84. The number of hydrogen-bond acceptors (Lipinski definition) is 2. The molecule has 0 aromatic rings. The van der Waals surface area contributed by atoms with Gasteiger partial charge in [0.1, 0.15) is 5.78 Å². The van der Waals surface area contributed by atoms with Crippen molar-refractivity contribution in [3.8, 4) is 6.07 Å². The maximum absolute atomic E-state index is 11.6. The van der Waals surface area contributed by atoms with E-state index in [2.05, 4.69) is 6.07 Å². The Balaban J connectivity index is 1.70. The van der Waals surface area contributed by atoms with Gasteiger partial charge in [-0.05, 0) is 74.5 Å². The Hall–Kier alpha value is -0.840. The number of carbonyl (C=O) groups excluding carboxylic acids is 1. The number of Topliss-reactive ketones (excluding diaryl/α,β-unsaturated/α-hetero) is 1. The van der Waals surface area contributed by atoms with E-state index < -0.39 is 0 Å². The van der Waals surface area contributed by atoms with Crippen molar-refractivity contribution in [1.82, 2.24) is 0 Å². The summed E-state index contributed by atoms with van der Waals surface area (Å²) in [6.45, 7) is 0. The summed E-state index contributed by atoms with van der Waals surface area (Å²) in [7, 11) is 0. The minimum atomic E-state index is -0.156. The fourth-order valence-electron chi connectivity index (χ4n) is 6.41. The highest BCUT2D eigenvalue weighted by Gasteiger charge is 2.61. The number of rotatable bonds is 1. The Bertz CT molecular complexity index is 413. The highest BCUT2D eigenvalue weighted by Crippen LogP contribution is 2.68. The third-order valence-electron chi connectivity index (χ3n) is 6.93. The van der Waals surface area contributed by atoms with Gasteiger partial charge in [0.25, 0.3) is 0 Å². The summed E-state index contributed by atoms with van der Waals surface area (Å²) in [6, 6.07) is 2.74. The summed E-state index contributed by atoms with van der Waals surface area (Å²) in [5, 5.41) is 9.93. The first-order chi connectivity index (χ1) is 9.15. The van der Waals surface area contributed by atoms with Gasteiger partial charge in [-0.3, -0.25) is 4.79 Å². The number of carbonyl (C=O) groups is 1. The molecule has 0 atom stereocenters. The van der Waals surface area contributed by atoms with E-state index in [0.717, 1.165) is 30.6 Å². The van der Waals surface area contributed by atoms with Crippen LogP contribution in [0.2, 0.25) is 0 Å². The highest BCUT2D eigenvalue weighted by atomic mass is 16.1. The molecule has 0 N–H and O–H groups in total. The lowest BCUT2D eigenvalue weighted by molar-refractivity contribution is -0.137. The lowest BCUT2D eigenvalue weighted by Gasteiger charge is -2.62. The summed E-state index contributed by atoms with van der Waals surface area (Å²) in [4.78, 5) is 11.6. The molecule has 5 aliphatic carbocycles. The molecule has 0 radical (unpaired) electrons. The molecule has 0 unspecified atom stereocenters. The molecule has 5 rings (SSSR count).